The second kappa shape index (κ2) is 8.69. The number of aromatic nitrogens is 3. The molecule has 8 nitrogen and oxygen atoms in total. The van der Waals surface area contributed by atoms with Crippen LogP contribution in [0.5, 0.6) is 0 Å². The largest absolute Gasteiger partial charge is 0.379 e. The van der Waals surface area contributed by atoms with Gasteiger partial charge < -0.3 is 20.8 Å². The van der Waals surface area contributed by atoms with Gasteiger partial charge in [-0.05, 0) is 23.8 Å². The van der Waals surface area contributed by atoms with Crippen molar-refractivity contribution >= 4 is 34.4 Å². The predicted octanol–water partition coefficient (Wildman–Crippen LogP) is 3.20. The first-order valence-electron chi connectivity index (χ1n) is 11.7. The SMILES string of the molecule is NC(=O)[C@@H]1[C@H](Nc2c(Cl)cnc3nc(-c4ccc(CN5CCOCC5)cc4)[nH]c23)[C@H]2C=C[C@@H]1C2. The van der Waals surface area contributed by atoms with Crippen molar-refractivity contribution in [3.05, 3.63) is 53.2 Å². The number of allylic oxidation sites excluding steroid dienone is 1. The molecule has 2 aliphatic carbocycles. The van der Waals surface area contributed by atoms with E-state index in [0.717, 1.165) is 56.2 Å². The molecule has 9 heteroatoms. The van der Waals surface area contributed by atoms with Gasteiger partial charge in [0, 0.05) is 31.2 Å². The number of nitrogens with two attached hydrogens (primary N) is 1. The van der Waals surface area contributed by atoms with Gasteiger partial charge in [-0.25, -0.2) is 9.97 Å². The monoisotopic (exact) mass is 478 g/mol. The third-order valence-electron chi connectivity index (χ3n) is 7.31. The fraction of sp³-hybridized carbons (Fsp3) is 0.400. The molecule has 34 heavy (non-hydrogen) atoms. The summed E-state index contributed by atoms with van der Waals surface area (Å²) in [6, 6.07) is 8.33. The second-order valence-electron chi connectivity index (χ2n) is 9.40. The minimum absolute atomic E-state index is 0.0955. The maximum absolute atomic E-state index is 12.2. The van der Waals surface area contributed by atoms with Gasteiger partial charge in [-0.15, -0.1) is 0 Å². The number of hydrogen-bond donors (Lipinski definition) is 3. The van der Waals surface area contributed by atoms with Crippen LogP contribution in [0.25, 0.3) is 22.6 Å². The molecule has 3 aromatic rings. The fourth-order valence-corrected chi connectivity index (χ4v) is 5.77. The zero-order chi connectivity index (χ0) is 23.2. The highest BCUT2D eigenvalue weighted by molar-refractivity contribution is 6.34. The number of rotatable bonds is 6. The van der Waals surface area contributed by atoms with Gasteiger partial charge in [-0.1, -0.05) is 48.0 Å². The smallest absolute Gasteiger partial charge is 0.223 e. The van der Waals surface area contributed by atoms with Crippen molar-refractivity contribution in [2.75, 3.05) is 31.6 Å². The topological polar surface area (TPSA) is 109 Å². The average molecular weight is 479 g/mol. The highest BCUT2D eigenvalue weighted by atomic mass is 35.5. The lowest BCUT2D eigenvalue weighted by Gasteiger charge is -2.28. The van der Waals surface area contributed by atoms with Crippen molar-refractivity contribution in [2.45, 2.75) is 19.0 Å². The Balaban J connectivity index is 1.27. The van der Waals surface area contributed by atoms with Gasteiger partial charge in [0.25, 0.3) is 0 Å². The van der Waals surface area contributed by atoms with Crippen molar-refractivity contribution in [1.29, 1.82) is 0 Å². The molecule has 3 heterocycles. The first kappa shape index (κ1) is 21.6. The number of ether oxygens (including phenoxy) is 1. The van der Waals surface area contributed by atoms with Crippen molar-refractivity contribution in [1.82, 2.24) is 19.9 Å². The second-order valence-corrected chi connectivity index (χ2v) is 9.80. The number of hydrogen-bond acceptors (Lipinski definition) is 6. The molecular formula is C25H27ClN6O2. The van der Waals surface area contributed by atoms with Gasteiger partial charge in [0.15, 0.2) is 5.65 Å². The molecule has 2 aromatic heterocycles. The molecule has 1 saturated carbocycles. The molecule has 2 fully saturated rings. The van der Waals surface area contributed by atoms with E-state index in [0.29, 0.717) is 16.4 Å². The Bertz CT molecular complexity index is 1250. The summed E-state index contributed by atoms with van der Waals surface area (Å²) in [5.74, 6) is 0.631. The summed E-state index contributed by atoms with van der Waals surface area (Å²) in [4.78, 5) is 27.1. The number of halogens is 1. The molecule has 1 amide bonds. The van der Waals surface area contributed by atoms with Crippen LogP contribution in [-0.4, -0.2) is 58.1 Å². The Hall–Kier alpha value is -2.94. The summed E-state index contributed by atoms with van der Waals surface area (Å²) >= 11 is 6.56. The zero-order valence-electron chi connectivity index (χ0n) is 18.7. The molecule has 4 atom stereocenters. The van der Waals surface area contributed by atoms with Crippen LogP contribution in [0.4, 0.5) is 5.69 Å². The Kier molecular flexibility index (Phi) is 5.51. The number of fused-ring (bicyclic) bond motifs is 3. The van der Waals surface area contributed by atoms with E-state index in [1.165, 1.54) is 5.56 Å². The molecule has 0 radical (unpaired) electrons. The lowest BCUT2D eigenvalue weighted by atomic mass is 9.88. The summed E-state index contributed by atoms with van der Waals surface area (Å²) in [5, 5.41) is 4.01. The number of aromatic amines is 1. The first-order valence-corrected chi connectivity index (χ1v) is 12.1. The molecule has 0 unspecified atom stereocenters. The minimum atomic E-state index is -0.279. The molecule has 2 bridgehead atoms. The molecule has 1 saturated heterocycles. The fourth-order valence-electron chi connectivity index (χ4n) is 5.57. The highest BCUT2D eigenvalue weighted by Crippen LogP contribution is 2.46. The maximum Gasteiger partial charge on any atom is 0.223 e. The number of pyridine rings is 1. The Morgan fingerprint density at radius 2 is 1.97 bits per heavy atom. The van der Waals surface area contributed by atoms with E-state index in [4.69, 9.17) is 27.1 Å². The number of amides is 1. The number of imidazole rings is 1. The molecular weight excluding hydrogens is 452 g/mol. The maximum atomic E-state index is 12.2. The number of carbonyl (C=O) groups excluding carboxylic acids is 1. The van der Waals surface area contributed by atoms with E-state index in [1.807, 2.05) is 0 Å². The number of anilines is 1. The van der Waals surface area contributed by atoms with E-state index in [-0.39, 0.29) is 29.7 Å². The highest BCUT2D eigenvalue weighted by Gasteiger charge is 2.47. The number of H-pyrrole nitrogens is 1. The van der Waals surface area contributed by atoms with Gasteiger partial charge in [-0.3, -0.25) is 9.69 Å². The molecule has 1 aromatic carbocycles. The number of carbonyl (C=O) groups is 1. The summed E-state index contributed by atoms with van der Waals surface area (Å²) in [6.07, 6.45) is 6.82. The molecule has 176 valence electrons. The van der Waals surface area contributed by atoms with E-state index >= 15 is 0 Å². The van der Waals surface area contributed by atoms with Crippen molar-refractivity contribution < 1.29 is 9.53 Å². The van der Waals surface area contributed by atoms with Crippen LogP contribution in [0.1, 0.15) is 12.0 Å². The van der Waals surface area contributed by atoms with E-state index < -0.39 is 0 Å². The van der Waals surface area contributed by atoms with E-state index in [1.54, 1.807) is 6.20 Å². The Morgan fingerprint density at radius 3 is 2.74 bits per heavy atom. The van der Waals surface area contributed by atoms with Gasteiger partial charge in [0.2, 0.25) is 5.91 Å². The third-order valence-corrected chi connectivity index (χ3v) is 7.60. The van der Waals surface area contributed by atoms with Gasteiger partial charge in [0.05, 0.1) is 36.0 Å². The van der Waals surface area contributed by atoms with Crippen LogP contribution in [0.3, 0.4) is 0 Å². The average Bonchev–Trinajstić information content (AvgIpc) is 3.57. The molecule has 4 N–H and O–H groups in total. The van der Waals surface area contributed by atoms with Gasteiger partial charge in [0.1, 0.15) is 11.3 Å². The predicted molar refractivity (Wildman–Crippen MR) is 131 cm³/mol. The normalized spacial score (nSPS) is 26.4. The van der Waals surface area contributed by atoms with E-state index in [9.17, 15) is 4.79 Å². The lowest BCUT2D eigenvalue weighted by Crippen LogP contribution is -2.41. The standard InChI is InChI=1S/C25H27ClN6O2/c26-18-12-28-25-22(21(18)29-20-17-6-5-16(11-17)19(20)23(27)33)30-24(31-25)15-3-1-14(2-4-15)13-32-7-9-34-10-8-32/h1-6,12,16-17,19-20H,7-11,13H2,(H2,27,33)(H2,28,29,30,31)/t16-,17+,19+,20-/m1/s1. The van der Waals surface area contributed by atoms with Gasteiger partial charge >= 0.3 is 0 Å². The summed E-state index contributed by atoms with van der Waals surface area (Å²) in [6.45, 7) is 4.42. The van der Waals surface area contributed by atoms with E-state index in [2.05, 4.69) is 56.6 Å². The van der Waals surface area contributed by atoms with Crippen molar-refractivity contribution in [3.63, 3.8) is 0 Å². The number of morpholine rings is 1. The molecule has 3 aliphatic rings. The molecule has 6 rings (SSSR count). The lowest BCUT2D eigenvalue weighted by molar-refractivity contribution is -0.122. The summed E-state index contributed by atoms with van der Waals surface area (Å²) < 4.78 is 5.43. The van der Waals surface area contributed by atoms with Crippen LogP contribution in [-0.2, 0) is 16.1 Å². The zero-order valence-corrected chi connectivity index (χ0v) is 19.5. The van der Waals surface area contributed by atoms with Crippen molar-refractivity contribution in [3.8, 4) is 11.4 Å². The number of nitrogens with one attached hydrogen (secondary N) is 2. The summed E-state index contributed by atoms with van der Waals surface area (Å²) in [5.41, 5.74) is 10.00. The summed E-state index contributed by atoms with van der Waals surface area (Å²) in [7, 11) is 0. The van der Waals surface area contributed by atoms with Crippen LogP contribution in [0.15, 0.2) is 42.6 Å². The third kappa shape index (κ3) is 3.85. The molecule has 1 aliphatic heterocycles. The van der Waals surface area contributed by atoms with Crippen molar-refractivity contribution in [2.24, 2.45) is 23.5 Å². The molecule has 0 spiro atoms. The minimum Gasteiger partial charge on any atom is -0.379 e. The van der Waals surface area contributed by atoms with Crippen LogP contribution in [0.2, 0.25) is 5.02 Å². The Morgan fingerprint density at radius 1 is 1.21 bits per heavy atom. The Labute approximate surface area is 202 Å². The number of nitrogens with zero attached hydrogens (tertiary/aromatic N) is 3. The number of benzene rings is 1. The first-order chi connectivity index (χ1) is 16.6. The van der Waals surface area contributed by atoms with Crippen LogP contribution >= 0.6 is 11.6 Å². The number of primary amides is 1. The van der Waals surface area contributed by atoms with Gasteiger partial charge in [-0.2, -0.15) is 0 Å². The quantitative estimate of drug-likeness (QED) is 0.469. The van der Waals surface area contributed by atoms with Crippen LogP contribution < -0.4 is 11.1 Å². The van der Waals surface area contributed by atoms with Crippen LogP contribution in [0, 0.1) is 17.8 Å².